The highest BCUT2D eigenvalue weighted by molar-refractivity contribution is 8.13. The van der Waals surface area contributed by atoms with E-state index in [0.29, 0.717) is 0 Å². The fourth-order valence-electron chi connectivity index (χ4n) is 1.05. The Kier molecular flexibility index (Phi) is 7.25. The van der Waals surface area contributed by atoms with Crippen molar-refractivity contribution < 1.29 is 0 Å². The molecule has 0 bridgehead atoms. The van der Waals surface area contributed by atoms with E-state index in [1.165, 1.54) is 11.8 Å². The van der Waals surface area contributed by atoms with Gasteiger partial charge in [-0.1, -0.05) is 11.8 Å². The second kappa shape index (κ2) is 7.65. The van der Waals surface area contributed by atoms with Crippen LogP contribution in [-0.4, -0.2) is 55.5 Å². The van der Waals surface area contributed by atoms with Gasteiger partial charge in [0.15, 0.2) is 5.17 Å². The number of hydrogen-bond acceptors (Lipinski definition) is 4. The van der Waals surface area contributed by atoms with Crippen molar-refractivity contribution in [2.24, 2.45) is 4.99 Å². The number of hydrogen-bond donors (Lipinski definition) is 0. The van der Waals surface area contributed by atoms with Crippen LogP contribution in [0.5, 0.6) is 0 Å². The normalized spacial score (nSPS) is 11.6. The maximum absolute atomic E-state index is 8.44. The van der Waals surface area contributed by atoms with Gasteiger partial charge in [0, 0.05) is 13.6 Å². The predicted molar refractivity (Wildman–Crippen MR) is 62.4 cm³/mol. The standard InChI is InChI=1S/C9H18N4S/c1-12(2)6-5-7-13(3)9(14-4)11-8-10/h5-7H2,1-4H3. The molecule has 0 aliphatic heterocycles. The Hall–Kier alpha value is -0.730. The van der Waals surface area contributed by atoms with Gasteiger partial charge in [0.25, 0.3) is 0 Å². The third kappa shape index (κ3) is 5.84. The molecule has 4 nitrogen and oxygen atoms in total. The first-order valence-electron chi connectivity index (χ1n) is 4.48. The molecule has 0 saturated carbocycles. The summed E-state index contributed by atoms with van der Waals surface area (Å²) in [6.45, 7) is 1.98. The van der Waals surface area contributed by atoms with Crippen molar-refractivity contribution in [3.05, 3.63) is 0 Å². The van der Waals surface area contributed by atoms with Crippen LogP contribution >= 0.6 is 11.8 Å². The largest absolute Gasteiger partial charge is 0.354 e. The van der Waals surface area contributed by atoms with Gasteiger partial charge in [-0.25, -0.2) is 0 Å². The van der Waals surface area contributed by atoms with Gasteiger partial charge >= 0.3 is 0 Å². The van der Waals surface area contributed by atoms with Crippen molar-refractivity contribution in [1.82, 2.24) is 9.80 Å². The zero-order chi connectivity index (χ0) is 11.0. The van der Waals surface area contributed by atoms with Crippen molar-refractivity contribution in [2.45, 2.75) is 6.42 Å². The summed E-state index contributed by atoms with van der Waals surface area (Å²) in [5.41, 5.74) is 0. The average Bonchev–Trinajstić information content (AvgIpc) is 2.13. The number of nitrogens with zero attached hydrogens (tertiary/aromatic N) is 4. The van der Waals surface area contributed by atoms with Crippen LogP contribution in [0.4, 0.5) is 0 Å². The molecule has 80 valence electrons. The Balaban J connectivity index is 3.88. The van der Waals surface area contributed by atoms with Crippen LogP contribution in [0.3, 0.4) is 0 Å². The van der Waals surface area contributed by atoms with E-state index in [9.17, 15) is 0 Å². The molecule has 0 aromatic heterocycles. The monoisotopic (exact) mass is 214 g/mol. The van der Waals surface area contributed by atoms with E-state index in [1.54, 1.807) is 0 Å². The van der Waals surface area contributed by atoms with Crippen LogP contribution in [0, 0.1) is 11.5 Å². The first-order chi connectivity index (χ1) is 6.61. The Labute approximate surface area is 90.6 Å². The predicted octanol–water partition coefficient (Wildman–Crippen LogP) is 1.07. The summed E-state index contributed by atoms with van der Waals surface area (Å²) in [7, 11) is 6.07. The summed E-state index contributed by atoms with van der Waals surface area (Å²) in [6, 6.07) is 0. The molecule has 0 fully saturated rings. The van der Waals surface area contributed by atoms with E-state index in [4.69, 9.17) is 5.26 Å². The second-order valence-electron chi connectivity index (χ2n) is 3.28. The number of amidine groups is 1. The summed E-state index contributed by atoms with van der Waals surface area (Å²) < 4.78 is 0. The van der Waals surface area contributed by atoms with Gasteiger partial charge in [-0.15, -0.1) is 4.99 Å². The highest BCUT2D eigenvalue weighted by atomic mass is 32.2. The van der Waals surface area contributed by atoms with Crippen molar-refractivity contribution in [1.29, 1.82) is 5.26 Å². The van der Waals surface area contributed by atoms with Crippen LogP contribution in [0.1, 0.15) is 6.42 Å². The molecular weight excluding hydrogens is 196 g/mol. The summed E-state index contributed by atoms with van der Waals surface area (Å²) in [5.74, 6) is 0. The molecule has 0 radical (unpaired) electrons. The van der Waals surface area contributed by atoms with Gasteiger partial charge in [0.05, 0.1) is 0 Å². The molecule has 0 N–H and O–H groups in total. The van der Waals surface area contributed by atoms with Gasteiger partial charge in [-0.2, -0.15) is 5.26 Å². The molecule has 0 aromatic carbocycles. The number of nitriles is 1. The molecule has 0 aromatic rings. The molecule has 0 saturated heterocycles. The summed E-state index contributed by atoms with van der Waals surface area (Å²) in [5, 5.41) is 9.23. The average molecular weight is 214 g/mol. The summed E-state index contributed by atoms with van der Waals surface area (Å²) >= 11 is 1.50. The number of aliphatic imine (C=N–C) groups is 1. The highest BCUT2D eigenvalue weighted by Gasteiger charge is 2.04. The maximum Gasteiger partial charge on any atom is 0.208 e. The second-order valence-corrected chi connectivity index (χ2v) is 4.05. The fraction of sp³-hybridized carbons (Fsp3) is 0.778. The molecule has 0 atom stereocenters. The van der Waals surface area contributed by atoms with Gasteiger partial charge < -0.3 is 9.80 Å². The smallest absolute Gasteiger partial charge is 0.208 e. The fourth-order valence-corrected chi connectivity index (χ4v) is 1.58. The first-order valence-corrected chi connectivity index (χ1v) is 5.71. The van der Waals surface area contributed by atoms with E-state index < -0.39 is 0 Å². The molecule has 0 rings (SSSR count). The van der Waals surface area contributed by atoms with E-state index in [2.05, 4.69) is 24.0 Å². The summed E-state index contributed by atoms with van der Waals surface area (Å²) in [4.78, 5) is 7.90. The minimum Gasteiger partial charge on any atom is -0.354 e. The zero-order valence-corrected chi connectivity index (χ0v) is 10.1. The lowest BCUT2D eigenvalue weighted by Crippen LogP contribution is -2.27. The van der Waals surface area contributed by atoms with Gasteiger partial charge in [-0.05, 0) is 33.3 Å². The molecule has 0 amide bonds. The topological polar surface area (TPSA) is 42.6 Å². The van der Waals surface area contributed by atoms with E-state index in [1.807, 2.05) is 24.4 Å². The van der Waals surface area contributed by atoms with Crippen molar-refractivity contribution in [3.8, 4) is 6.19 Å². The number of rotatable bonds is 4. The summed E-state index contributed by atoms with van der Waals surface area (Å²) in [6.07, 6.45) is 4.82. The molecule has 0 aliphatic carbocycles. The molecule has 14 heavy (non-hydrogen) atoms. The number of thioether (sulfide) groups is 1. The Bertz CT molecular complexity index is 219. The van der Waals surface area contributed by atoms with Crippen LogP contribution in [0.25, 0.3) is 0 Å². The Morgan fingerprint density at radius 1 is 1.36 bits per heavy atom. The van der Waals surface area contributed by atoms with Gasteiger partial charge in [0.2, 0.25) is 6.19 Å². The quantitative estimate of drug-likeness (QED) is 0.399. The molecule has 5 heteroatoms. The first kappa shape index (κ1) is 13.3. The van der Waals surface area contributed by atoms with Gasteiger partial charge in [-0.3, -0.25) is 0 Å². The Morgan fingerprint density at radius 2 is 2.00 bits per heavy atom. The van der Waals surface area contributed by atoms with E-state index in [0.717, 1.165) is 24.7 Å². The van der Waals surface area contributed by atoms with E-state index in [-0.39, 0.29) is 0 Å². The van der Waals surface area contributed by atoms with E-state index >= 15 is 0 Å². The maximum atomic E-state index is 8.44. The molecule has 0 spiro atoms. The molecule has 0 unspecified atom stereocenters. The lowest BCUT2D eigenvalue weighted by molar-refractivity contribution is 0.372. The van der Waals surface area contributed by atoms with Crippen LogP contribution < -0.4 is 0 Å². The van der Waals surface area contributed by atoms with Crippen molar-refractivity contribution in [2.75, 3.05) is 40.5 Å². The Morgan fingerprint density at radius 3 is 2.43 bits per heavy atom. The molecular formula is C9H18N4S. The van der Waals surface area contributed by atoms with Gasteiger partial charge in [0.1, 0.15) is 0 Å². The SMILES string of the molecule is CSC(=NC#N)N(C)CCCN(C)C. The van der Waals surface area contributed by atoms with Crippen molar-refractivity contribution in [3.63, 3.8) is 0 Å². The minimum absolute atomic E-state index is 0.784. The molecule has 0 aliphatic rings. The highest BCUT2D eigenvalue weighted by Crippen LogP contribution is 2.03. The van der Waals surface area contributed by atoms with Crippen molar-refractivity contribution >= 4 is 16.9 Å². The molecule has 0 heterocycles. The third-order valence-corrected chi connectivity index (χ3v) is 2.52. The van der Waals surface area contributed by atoms with Crippen LogP contribution in [-0.2, 0) is 0 Å². The lowest BCUT2D eigenvalue weighted by atomic mass is 10.4. The van der Waals surface area contributed by atoms with Crippen LogP contribution in [0.15, 0.2) is 4.99 Å². The lowest BCUT2D eigenvalue weighted by Gasteiger charge is -2.19. The van der Waals surface area contributed by atoms with Crippen LogP contribution in [0.2, 0.25) is 0 Å². The third-order valence-electron chi connectivity index (χ3n) is 1.75. The zero-order valence-electron chi connectivity index (χ0n) is 9.32. The minimum atomic E-state index is 0.784.